The maximum atomic E-state index is 13.7. The normalized spacial score (nSPS) is 14.8. The van der Waals surface area contributed by atoms with Crippen molar-refractivity contribution in [3.8, 4) is 34.5 Å². The van der Waals surface area contributed by atoms with Crippen LogP contribution in [0.1, 0.15) is 64.8 Å². The van der Waals surface area contributed by atoms with Gasteiger partial charge in [-0.3, -0.25) is 38.0 Å². The number of allylic oxidation sites excluding steroid dienone is 1. The van der Waals surface area contributed by atoms with Crippen molar-refractivity contribution in [2.45, 2.75) is 55.2 Å². The minimum Gasteiger partial charge on any atom is -0.493 e. The minimum absolute atomic E-state index is 0.0108. The Kier molecular flexibility index (Phi) is 14.0. The lowest BCUT2D eigenvalue weighted by Gasteiger charge is -2.29. The molecule has 0 spiro atoms. The van der Waals surface area contributed by atoms with Gasteiger partial charge in [0.15, 0.2) is 33.7 Å². The van der Waals surface area contributed by atoms with E-state index < -0.39 is 39.4 Å². The van der Waals surface area contributed by atoms with Gasteiger partial charge in [0, 0.05) is 50.5 Å². The van der Waals surface area contributed by atoms with Crippen LogP contribution in [0.25, 0.3) is 11.0 Å². The summed E-state index contributed by atoms with van der Waals surface area (Å²) in [6.07, 6.45) is 2.69. The van der Waals surface area contributed by atoms with Crippen LogP contribution < -0.4 is 40.0 Å². The van der Waals surface area contributed by atoms with Gasteiger partial charge in [-0.15, -0.1) is 0 Å². The number of unbranched alkanes of at least 4 members (excludes halogenated alkanes) is 2. The zero-order chi connectivity index (χ0) is 47.3. The first-order chi connectivity index (χ1) is 31.6. The number of sulfone groups is 1. The maximum Gasteiger partial charge on any atom is 0.328 e. The Hall–Kier alpha value is -7.41. The summed E-state index contributed by atoms with van der Waals surface area (Å²) in [5, 5.41) is 5.39. The standard InChI is InChI=1S/C47H49N5O13S/c1-28-13-19-35(44(55)49-28)52-45(56)34-11-9-12-39(43(34)46(52)57)64-25-30(53)10-7-6-8-21-48-42(54)26-63-31-14-16-32(17-15-31)65-40-24-37-36(50(2)47(58)51(37)3)22-29(40)27-66(59,60)33-18-20-38(61-4)41(23-33)62-5/h9,11-12,14-18,20,22-24,35H,1,6-8,10,13,19,21,25-27H2,2-5H3,(H,48,54)(H,49,55). The van der Waals surface area contributed by atoms with Crippen LogP contribution >= 0.6 is 0 Å². The van der Waals surface area contributed by atoms with Gasteiger partial charge in [-0.2, -0.15) is 0 Å². The Bertz CT molecular complexity index is 2920. The van der Waals surface area contributed by atoms with Crippen LogP contribution in [0, 0.1) is 0 Å². The second-order valence-electron chi connectivity index (χ2n) is 15.8. The first kappa shape index (κ1) is 46.6. The highest BCUT2D eigenvalue weighted by Crippen LogP contribution is 2.36. The van der Waals surface area contributed by atoms with Crippen molar-refractivity contribution in [3.05, 3.63) is 112 Å². The fourth-order valence-corrected chi connectivity index (χ4v) is 9.14. The van der Waals surface area contributed by atoms with Crippen molar-refractivity contribution in [1.29, 1.82) is 0 Å². The van der Waals surface area contributed by atoms with Gasteiger partial charge < -0.3 is 34.3 Å². The molecular weight excluding hydrogens is 875 g/mol. The third-order valence-corrected chi connectivity index (χ3v) is 13.0. The molecule has 1 saturated heterocycles. The topological polar surface area (TPSA) is 220 Å². The molecule has 2 aliphatic rings. The molecule has 2 N–H and O–H groups in total. The first-order valence-electron chi connectivity index (χ1n) is 21.0. The number of Topliss-reactive ketones (excluding diaryl/α,β-unsaturated/α-hetero) is 1. The van der Waals surface area contributed by atoms with E-state index in [1.807, 2.05) is 0 Å². The van der Waals surface area contributed by atoms with Crippen LogP contribution in [0.15, 0.2) is 94.8 Å². The summed E-state index contributed by atoms with van der Waals surface area (Å²) in [4.78, 5) is 77.9. The van der Waals surface area contributed by atoms with Gasteiger partial charge in [-0.05, 0) is 80.3 Å². The van der Waals surface area contributed by atoms with Crippen LogP contribution in [0.3, 0.4) is 0 Å². The molecule has 346 valence electrons. The van der Waals surface area contributed by atoms with E-state index in [1.54, 1.807) is 56.6 Å². The molecule has 19 heteroatoms. The molecule has 66 heavy (non-hydrogen) atoms. The van der Waals surface area contributed by atoms with Crippen LogP contribution in [0.4, 0.5) is 0 Å². The Morgan fingerprint density at radius 3 is 2.21 bits per heavy atom. The number of piperidine rings is 1. The fraction of sp³-hybridized carbons (Fsp3) is 0.319. The van der Waals surface area contributed by atoms with Crippen molar-refractivity contribution in [2.24, 2.45) is 14.1 Å². The van der Waals surface area contributed by atoms with Gasteiger partial charge in [-0.25, -0.2) is 13.2 Å². The predicted molar refractivity (Wildman–Crippen MR) is 240 cm³/mol. The Balaban J connectivity index is 0.857. The van der Waals surface area contributed by atoms with Crippen molar-refractivity contribution in [3.63, 3.8) is 0 Å². The molecule has 7 rings (SSSR count). The van der Waals surface area contributed by atoms with Crippen molar-refractivity contribution in [1.82, 2.24) is 24.7 Å². The zero-order valence-corrected chi connectivity index (χ0v) is 37.7. The van der Waals surface area contributed by atoms with E-state index >= 15 is 0 Å². The highest BCUT2D eigenvalue weighted by Gasteiger charge is 2.45. The lowest BCUT2D eigenvalue weighted by atomic mass is 10.0. The summed E-state index contributed by atoms with van der Waals surface area (Å²) < 4.78 is 58.5. The number of rotatable bonds is 20. The molecule has 1 unspecified atom stereocenters. The number of nitrogens with zero attached hydrogens (tertiary/aromatic N) is 3. The number of hydrogen-bond donors (Lipinski definition) is 2. The van der Waals surface area contributed by atoms with E-state index in [2.05, 4.69) is 17.2 Å². The molecule has 1 atom stereocenters. The summed E-state index contributed by atoms with van der Waals surface area (Å²) in [6, 6.07) is 17.6. The number of ketones is 1. The molecule has 0 saturated carbocycles. The number of aryl methyl sites for hydroxylation is 2. The van der Waals surface area contributed by atoms with Gasteiger partial charge in [-0.1, -0.05) is 19.1 Å². The number of imide groups is 1. The number of aromatic nitrogens is 2. The van der Waals surface area contributed by atoms with Gasteiger partial charge >= 0.3 is 5.69 Å². The molecular formula is C47H49N5O13S. The lowest BCUT2D eigenvalue weighted by molar-refractivity contribution is -0.125. The van der Waals surface area contributed by atoms with E-state index in [1.165, 1.54) is 53.7 Å². The molecule has 0 aliphatic carbocycles. The summed E-state index contributed by atoms with van der Waals surface area (Å²) in [7, 11) is 2.14. The summed E-state index contributed by atoms with van der Waals surface area (Å²) >= 11 is 0. The molecule has 4 aromatic carbocycles. The molecule has 18 nitrogen and oxygen atoms in total. The number of ether oxygens (including phenoxy) is 5. The number of fused-ring (bicyclic) bond motifs is 2. The van der Waals surface area contributed by atoms with Crippen LogP contribution in [0.2, 0.25) is 0 Å². The van der Waals surface area contributed by atoms with Crippen LogP contribution in [0.5, 0.6) is 34.5 Å². The van der Waals surface area contributed by atoms with Crippen molar-refractivity contribution >= 4 is 50.3 Å². The average molecular weight is 924 g/mol. The largest absolute Gasteiger partial charge is 0.493 e. The Morgan fingerprint density at radius 2 is 1.50 bits per heavy atom. The van der Waals surface area contributed by atoms with E-state index in [0.29, 0.717) is 71.8 Å². The predicted octanol–water partition coefficient (Wildman–Crippen LogP) is 4.75. The van der Waals surface area contributed by atoms with Crippen LogP contribution in [-0.4, -0.2) is 91.9 Å². The number of benzene rings is 4. The highest BCUT2D eigenvalue weighted by atomic mass is 32.2. The van der Waals surface area contributed by atoms with Gasteiger partial charge in [0.2, 0.25) is 5.91 Å². The Morgan fingerprint density at radius 1 is 0.788 bits per heavy atom. The van der Waals surface area contributed by atoms with Gasteiger partial charge in [0.25, 0.3) is 17.7 Å². The van der Waals surface area contributed by atoms with Gasteiger partial charge in [0.1, 0.15) is 35.6 Å². The molecule has 1 aromatic heterocycles. The number of carbonyl (C=O) groups excluding carboxylic acids is 5. The molecule has 1 fully saturated rings. The van der Waals surface area contributed by atoms with E-state index in [-0.39, 0.29) is 76.7 Å². The third kappa shape index (κ3) is 9.95. The number of nitrogens with one attached hydrogen (secondary N) is 2. The summed E-state index contributed by atoms with van der Waals surface area (Å²) in [5.74, 6) is -1.04. The van der Waals surface area contributed by atoms with Crippen molar-refractivity contribution < 1.29 is 56.1 Å². The molecule has 2 aliphatic heterocycles. The lowest BCUT2D eigenvalue weighted by Crippen LogP contribution is -2.51. The molecule has 5 aromatic rings. The molecule has 4 amide bonds. The second-order valence-corrected chi connectivity index (χ2v) is 17.8. The highest BCUT2D eigenvalue weighted by molar-refractivity contribution is 7.90. The van der Waals surface area contributed by atoms with Crippen molar-refractivity contribution in [2.75, 3.05) is 34.0 Å². The second kappa shape index (κ2) is 19.8. The molecule has 0 bridgehead atoms. The van der Waals surface area contributed by atoms with E-state index in [4.69, 9.17) is 23.7 Å². The van der Waals surface area contributed by atoms with E-state index in [0.717, 1.165) is 4.90 Å². The molecule has 3 heterocycles. The summed E-state index contributed by atoms with van der Waals surface area (Å²) in [6.45, 7) is 3.53. The number of carbonyl (C=O) groups is 5. The SMILES string of the molecule is C=C1CCC(N2C(=O)c3cccc(OCC(=O)CCCCCNC(=O)COc4ccc(Oc5cc6c(cc5CS(=O)(=O)c5ccc(OC)c(OC)c5)n(C)c(=O)n6C)cc4)c3C2=O)C(=O)N1. The van der Waals surface area contributed by atoms with Crippen LogP contribution in [-0.2, 0) is 44.1 Å². The zero-order valence-electron chi connectivity index (χ0n) is 36.8. The average Bonchev–Trinajstić information content (AvgIpc) is 3.68. The number of methoxy groups -OCH3 is 2. The Labute approximate surface area is 379 Å². The smallest absolute Gasteiger partial charge is 0.328 e. The fourth-order valence-electron chi connectivity index (χ4n) is 7.77. The third-order valence-electron chi connectivity index (χ3n) is 11.3. The van der Waals surface area contributed by atoms with E-state index in [9.17, 15) is 37.2 Å². The number of imidazole rings is 1. The minimum atomic E-state index is -3.94. The summed E-state index contributed by atoms with van der Waals surface area (Å²) in [5.41, 5.74) is 1.75. The number of amides is 4. The quantitative estimate of drug-likeness (QED) is 0.0796. The van der Waals surface area contributed by atoms with Gasteiger partial charge in [0.05, 0.1) is 47.0 Å². The number of hydrogen-bond acceptors (Lipinski definition) is 13. The monoisotopic (exact) mass is 923 g/mol. The first-order valence-corrected chi connectivity index (χ1v) is 22.7. The molecule has 0 radical (unpaired) electrons. The maximum absolute atomic E-state index is 13.7.